The highest BCUT2D eigenvalue weighted by atomic mass is 16.7. The number of amides is 5. The number of nitrogens with zero attached hydrogens (tertiary/aromatic N) is 2. The smallest absolute Gasteiger partial charge is 0.429 e. The van der Waals surface area contributed by atoms with Crippen molar-refractivity contribution in [3.05, 3.63) is 76.4 Å². The first-order chi connectivity index (χ1) is 26.4. The summed E-state index contributed by atoms with van der Waals surface area (Å²) < 4.78 is 10.2. The fourth-order valence-corrected chi connectivity index (χ4v) is 6.78. The Morgan fingerprint density at radius 3 is 2.20 bits per heavy atom. The third-order valence-corrected chi connectivity index (χ3v) is 9.74. The molecule has 55 heavy (non-hydrogen) atoms. The van der Waals surface area contributed by atoms with Gasteiger partial charge in [-0.15, -0.1) is 0 Å². The molecule has 1 fully saturated rings. The van der Waals surface area contributed by atoms with Gasteiger partial charge in [0.1, 0.15) is 23.9 Å². The molecule has 5 amide bonds. The van der Waals surface area contributed by atoms with Crippen LogP contribution in [0, 0.1) is 27.9 Å². The predicted octanol–water partition coefficient (Wildman–Crippen LogP) is 5.52. The van der Waals surface area contributed by atoms with Crippen molar-refractivity contribution in [2.75, 3.05) is 18.4 Å². The molecule has 0 aromatic heterocycles. The molecule has 0 spiro atoms. The molecule has 4 rings (SSSR count). The van der Waals surface area contributed by atoms with Gasteiger partial charge in [-0.1, -0.05) is 31.4 Å². The van der Waals surface area contributed by atoms with Crippen molar-refractivity contribution in [1.82, 2.24) is 10.2 Å². The average Bonchev–Trinajstić information content (AvgIpc) is 3.81. The zero-order chi connectivity index (χ0) is 39.7. The minimum absolute atomic E-state index is 0.0319. The number of non-ortho nitro benzene ring substituents is 1. The molecule has 0 unspecified atom stereocenters. The second-order valence-electron chi connectivity index (χ2n) is 13.7. The number of rotatable bonds is 22. The summed E-state index contributed by atoms with van der Waals surface area (Å²) in [5.41, 5.74) is 6.06. The highest BCUT2D eigenvalue weighted by Gasteiger charge is 2.34. The van der Waals surface area contributed by atoms with Crippen molar-refractivity contribution in [3.8, 4) is 5.75 Å². The fourth-order valence-electron chi connectivity index (χ4n) is 6.78. The average molecular weight is 762 g/mol. The Morgan fingerprint density at radius 1 is 0.891 bits per heavy atom. The predicted molar refractivity (Wildman–Crippen MR) is 198 cm³/mol. The first-order valence-electron chi connectivity index (χ1n) is 18.5. The van der Waals surface area contributed by atoms with Crippen LogP contribution in [0.3, 0.4) is 0 Å². The lowest BCUT2D eigenvalue weighted by Gasteiger charge is -2.24. The van der Waals surface area contributed by atoms with E-state index in [2.05, 4.69) is 10.6 Å². The molecule has 2 aliphatic rings. The number of nitro groups is 1. The number of nitro benzene ring substituents is 1. The van der Waals surface area contributed by atoms with Gasteiger partial charge in [0.05, 0.1) is 4.92 Å². The van der Waals surface area contributed by atoms with Gasteiger partial charge in [-0.05, 0) is 74.3 Å². The number of nitrogens with two attached hydrogens (primary N) is 1. The van der Waals surface area contributed by atoms with E-state index < -0.39 is 34.9 Å². The number of nitrogens with one attached hydrogen (secondary N) is 2. The van der Waals surface area contributed by atoms with Crippen LogP contribution in [0.1, 0.15) is 82.6 Å². The minimum Gasteiger partial charge on any atom is -0.429 e. The molecule has 2 atom stereocenters. The number of unbranched alkanes of at least 4 members (excludes halogenated alkanes) is 2. The number of hydrogen-bond donors (Lipinski definition) is 3. The molecule has 1 heterocycles. The van der Waals surface area contributed by atoms with Crippen molar-refractivity contribution in [3.63, 3.8) is 0 Å². The lowest BCUT2D eigenvalue weighted by molar-refractivity contribution is -0.384. The topological polar surface area (TPSA) is 234 Å². The summed E-state index contributed by atoms with van der Waals surface area (Å²) in [6.07, 6.45) is 7.85. The van der Waals surface area contributed by atoms with Gasteiger partial charge >= 0.3 is 12.2 Å². The maximum atomic E-state index is 13.9. The summed E-state index contributed by atoms with van der Waals surface area (Å²) in [5, 5.41) is 16.2. The Balaban J connectivity index is 1.30. The summed E-state index contributed by atoms with van der Waals surface area (Å²) in [7, 11) is 0. The van der Waals surface area contributed by atoms with Gasteiger partial charge in [0.2, 0.25) is 5.91 Å². The molecule has 1 saturated carbocycles. The SMILES string of the molecule is NC(=O)NCCC[C@H](CC(=O)[C@@H](CC(=O)CCCCCN1C(=O)C=CC1=O)C1CCCC1)C(=O)Nc1ccc(COC(=O)Oc2ccc([N+](=O)[O-])cc2)cc1. The van der Waals surface area contributed by atoms with E-state index in [1.165, 1.54) is 41.3 Å². The lowest BCUT2D eigenvalue weighted by Crippen LogP contribution is -2.33. The van der Waals surface area contributed by atoms with E-state index in [1.54, 1.807) is 24.3 Å². The lowest BCUT2D eigenvalue weighted by atomic mass is 9.79. The first-order valence-corrected chi connectivity index (χ1v) is 18.5. The molecule has 2 aromatic rings. The number of ether oxygens (including phenoxy) is 2. The molecule has 2 aromatic carbocycles. The number of anilines is 1. The molecular weight excluding hydrogens is 714 g/mol. The van der Waals surface area contributed by atoms with Gasteiger partial charge in [0, 0.05) is 74.2 Å². The van der Waals surface area contributed by atoms with Crippen molar-refractivity contribution in [2.24, 2.45) is 23.5 Å². The maximum Gasteiger partial charge on any atom is 0.514 e. The van der Waals surface area contributed by atoms with Crippen molar-refractivity contribution in [1.29, 1.82) is 0 Å². The van der Waals surface area contributed by atoms with E-state index >= 15 is 0 Å². The van der Waals surface area contributed by atoms with Gasteiger partial charge in [-0.3, -0.25) is 39.0 Å². The van der Waals surface area contributed by atoms with Gasteiger partial charge in [-0.25, -0.2) is 9.59 Å². The van der Waals surface area contributed by atoms with Crippen LogP contribution in [0.4, 0.5) is 21.0 Å². The van der Waals surface area contributed by atoms with Gasteiger partial charge < -0.3 is 25.8 Å². The van der Waals surface area contributed by atoms with Crippen LogP contribution in [0.5, 0.6) is 5.75 Å². The summed E-state index contributed by atoms with van der Waals surface area (Å²) in [6.45, 7) is 0.364. The van der Waals surface area contributed by atoms with Crippen molar-refractivity contribution >= 4 is 52.8 Å². The largest absolute Gasteiger partial charge is 0.514 e. The zero-order valence-electron chi connectivity index (χ0n) is 30.6. The number of hydrogen-bond acceptors (Lipinski definition) is 11. The van der Waals surface area contributed by atoms with Crippen LogP contribution in [0.15, 0.2) is 60.7 Å². The van der Waals surface area contributed by atoms with E-state index in [9.17, 15) is 43.7 Å². The van der Waals surface area contributed by atoms with Crippen molar-refractivity contribution < 1.29 is 48.0 Å². The standard InChI is InChI=1S/C39H47N5O11/c40-38(50)41-21-6-9-28(37(49)42-29-13-11-26(12-14-29)25-54-39(51)55-32-17-15-30(16-18-32)44(52)53)23-34(46)33(27-7-3-4-8-27)24-31(45)10-2-1-5-22-43-35(47)19-20-36(43)48/h11-20,27-28,33H,1-10,21-25H2,(H,42,49)(H3,40,41,50)/t28-,33+/m1/s1. The highest BCUT2D eigenvalue weighted by Crippen LogP contribution is 2.36. The number of urea groups is 1. The van der Waals surface area contributed by atoms with Crippen LogP contribution in [0.25, 0.3) is 0 Å². The molecule has 294 valence electrons. The van der Waals surface area contributed by atoms with E-state index in [1.807, 2.05) is 0 Å². The molecule has 0 radical (unpaired) electrons. The Kier molecular flexibility index (Phi) is 16.0. The summed E-state index contributed by atoms with van der Waals surface area (Å²) >= 11 is 0. The normalized spacial score (nSPS) is 15.0. The molecule has 4 N–H and O–H groups in total. The van der Waals surface area contributed by atoms with Crippen LogP contribution in [0.2, 0.25) is 0 Å². The van der Waals surface area contributed by atoms with Crippen LogP contribution >= 0.6 is 0 Å². The summed E-state index contributed by atoms with van der Waals surface area (Å²) in [4.78, 5) is 98.9. The first kappa shape index (κ1) is 41.8. The van der Waals surface area contributed by atoms with Crippen LogP contribution in [-0.4, -0.2) is 64.4 Å². The minimum atomic E-state index is -1.01. The van der Waals surface area contributed by atoms with E-state index in [4.69, 9.17) is 15.2 Å². The number of imide groups is 1. The highest BCUT2D eigenvalue weighted by molar-refractivity contribution is 6.12. The monoisotopic (exact) mass is 761 g/mol. The number of ketones is 2. The fraction of sp³-hybridized carbons (Fsp3) is 0.462. The molecule has 16 nitrogen and oxygen atoms in total. The molecular formula is C39H47N5O11. The van der Waals surface area contributed by atoms with E-state index in [0.717, 1.165) is 25.7 Å². The molecule has 16 heteroatoms. The molecule has 1 aliphatic heterocycles. The Morgan fingerprint density at radius 2 is 1.56 bits per heavy atom. The number of carbonyl (C=O) groups excluding carboxylic acids is 7. The Hall–Kier alpha value is -5.93. The number of Topliss-reactive ketones (excluding diaryl/α,β-unsaturated/α-hetero) is 2. The second-order valence-corrected chi connectivity index (χ2v) is 13.7. The van der Waals surface area contributed by atoms with Gasteiger partial charge in [0.15, 0.2) is 0 Å². The number of benzene rings is 2. The van der Waals surface area contributed by atoms with Gasteiger partial charge in [-0.2, -0.15) is 0 Å². The molecule has 0 bridgehead atoms. The van der Waals surface area contributed by atoms with Crippen LogP contribution < -0.4 is 21.1 Å². The third-order valence-electron chi connectivity index (χ3n) is 9.74. The second kappa shape index (κ2) is 21.1. The number of primary amides is 1. The summed E-state index contributed by atoms with van der Waals surface area (Å²) in [5.74, 6) is -2.37. The quantitative estimate of drug-likeness (QED) is 0.0337. The summed E-state index contributed by atoms with van der Waals surface area (Å²) in [6, 6.07) is 10.7. The number of carbonyl (C=O) groups is 7. The van der Waals surface area contributed by atoms with Crippen molar-refractivity contribution in [2.45, 2.75) is 83.7 Å². The Labute approximate surface area is 318 Å². The van der Waals surface area contributed by atoms with E-state index in [-0.39, 0.29) is 79.6 Å². The third kappa shape index (κ3) is 13.8. The molecule has 1 aliphatic carbocycles. The Bertz CT molecular complexity index is 1720. The molecule has 0 saturated heterocycles. The van der Waals surface area contributed by atoms with E-state index in [0.29, 0.717) is 43.5 Å². The van der Waals surface area contributed by atoms with Crippen LogP contribution in [-0.2, 0) is 35.3 Å². The van der Waals surface area contributed by atoms with Gasteiger partial charge in [0.25, 0.3) is 17.5 Å². The zero-order valence-corrected chi connectivity index (χ0v) is 30.6. The maximum absolute atomic E-state index is 13.9.